The second-order valence-electron chi connectivity index (χ2n) is 7.34. The molecule has 1 unspecified atom stereocenters. The molecule has 116 valence electrons. The Morgan fingerprint density at radius 1 is 1.05 bits per heavy atom. The molecule has 20 heavy (non-hydrogen) atoms. The second-order valence-corrected chi connectivity index (χ2v) is 7.34. The van der Waals surface area contributed by atoms with Crippen LogP contribution in [0, 0.1) is 5.92 Å². The van der Waals surface area contributed by atoms with Gasteiger partial charge in [-0.25, -0.2) is 0 Å². The Labute approximate surface area is 125 Å². The minimum atomic E-state index is 0.859. The molecule has 3 aliphatic rings. The van der Waals surface area contributed by atoms with Gasteiger partial charge in [0.2, 0.25) is 0 Å². The lowest BCUT2D eigenvalue weighted by atomic mass is 9.96. The van der Waals surface area contributed by atoms with E-state index in [1.54, 1.807) is 0 Å². The van der Waals surface area contributed by atoms with E-state index in [4.69, 9.17) is 0 Å². The van der Waals surface area contributed by atoms with E-state index in [-0.39, 0.29) is 0 Å². The van der Waals surface area contributed by atoms with Gasteiger partial charge >= 0.3 is 0 Å². The summed E-state index contributed by atoms with van der Waals surface area (Å²) in [6.07, 6.45) is 11.4. The summed E-state index contributed by atoms with van der Waals surface area (Å²) >= 11 is 0. The number of hydrogen-bond acceptors (Lipinski definition) is 3. The summed E-state index contributed by atoms with van der Waals surface area (Å²) in [5.74, 6) is 0.959. The van der Waals surface area contributed by atoms with Crippen molar-refractivity contribution in [3.63, 3.8) is 0 Å². The molecule has 0 amide bonds. The Bertz CT molecular complexity index is 284. The van der Waals surface area contributed by atoms with Crippen LogP contribution in [0.5, 0.6) is 0 Å². The van der Waals surface area contributed by atoms with Gasteiger partial charge in [0.05, 0.1) is 0 Å². The maximum absolute atomic E-state index is 3.50. The largest absolute Gasteiger partial charge is 0.317 e. The first kappa shape index (κ1) is 14.8. The first-order valence-electron chi connectivity index (χ1n) is 8.98. The summed E-state index contributed by atoms with van der Waals surface area (Å²) in [5, 5.41) is 3.50. The van der Waals surface area contributed by atoms with Gasteiger partial charge in [-0.05, 0) is 84.1 Å². The third kappa shape index (κ3) is 4.19. The molecule has 0 aromatic carbocycles. The fraction of sp³-hybridized carbons (Fsp3) is 1.00. The molecule has 3 rings (SSSR count). The van der Waals surface area contributed by atoms with Crippen LogP contribution in [0.2, 0.25) is 0 Å². The van der Waals surface area contributed by atoms with Crippen LogP contribution in [-0.4, -0.2) is 61.7 Å². The number of nitrogens with one attached hydrogen (secondary N) is 1. The average molecular weight is 279 g/mol. The van der Waals surface area contributed by atoms with E-state index in [0.29, 0.717) is 0 Å². The Morgan fingerprint density at radius 2 is 1.85 bits per heavy atom. The van der Waals surface area contributed by atoms with Gasteiger partial charge in [0, 0.05) is 18.6 Å². The predicted molar refractivity (Wildman–Crippen MR) is 85.1 cm³/mol. The zero-order valence-corrected chi connectivity index (χ0v) is 13.3. The Hall–Kier alpha value is -0.120. The first-order chi connectivity index (χ1) is 9.83. The fourth-order valence-electron chi connectivity index (χ4n) is 4.08. The highest BCUT2D eigenvalue weighted by Crippen LogP contribution is 2.30. The molecule has 1 atom stereocenters. The quantitative estimate of drug-likeness (QED) is 0.805. The topological polar surface area (TPSA) is 18.5 Å². The van der Waals surface area contributed by atoms with Crippen molar-refractivity contribution < 1.29 is 0 Å². The normalized spacial score (nSPS) is 30.0. The van der Waals surface area contributed by atoms with E-state index >= 15 is 0 Å². The molecular weight excluding hydrogens is 246 g/mol. The smallest absolute Gasteiger partial charge is 0.0104 e. The fourth-order valence-corrected chi connectivity index (χ4v) is 4.08. The standard InChI is InChI=1S/C17H33N3/c1-19-12-3-2-4-16(19)9-13-20(17-5-6-17)14-15-7-10-18-11-8-15/h15-18H,2-14H2,1H3. The van der Waals surface area contributed by atoms with Crippen molar-refractivity contribution in [3.05, 3.63) is 0 Å². The summed E-state index contributed by atoms with van der Waals surface area (Å²) in [6, 6.07) is 1.80. The summed E-state index contributed by atoms with van der Waals surface area (Å²) in [6.45, 7) is 6.54. The Balaban J connectivity index is 1.44. The zero-order chi connectivity index (χ0) is 13.8. The lowest BCUT2D eigenvalue weighted by Crippen LogP contribution is -2.41. The highest BCUT2D eigenvalue weighted by molar-refractivity contribution is 4.87. The second kappa shape index (κ2) is 7.24. The minimum Gasteiger partial charge on any atom is -0.317 e. The van der Waals surface area contributed by atoms with Crippen LogP contribution in [0.15, 0.2) is 0 Å². The van der Waals surface area contributed by atoms with Crippen molar-refractivity contribution in [2.75, 3.05) is 39.8 Å². The molecule has 2 saturated heterocycles. The summed E-state index contributed by atoms with van der Waals surface area (Å²) in [4.78, 5) is 5.46. The molecule has 0 aromatic heterocycles. The monoisotopic (exact) mass is 279 g/mol. The molecule has 0 aromatic rings. The molecular formula is C17H33N3. The summed E-state index contributed by atoms with van der Waals surface area (Å²) in [7, 11) is 2.33. The molecule has 3 heteroatoms. The van der Waals surface area contributed by atoms with Crippen LogP contribution >= 0.6 is 0 Å². The van der Waals surface area contributed by atoms with E-state index in [0.717, 1.165) is 18.0 Å². The van der Waals surface area contributed by atoms with Gasteiger partial charge in [0.25, 0.3) is 0 Å². The third-order valence-electron chi connectivity index (χ3n) is 5.69. The Kier molecular flexibility index (Phi) is 5.36. The molecule has 1 saturated carbocycles. The molecule has 0 radical (unpaired) electrons. The van der Waals surface area contributed by atoms with Crippen LogP contribution < -0.4 is 5.32 Å². The predicted octanol–water partition coefficient (Wildman–Crippen LogP) is 2.32. The SMILES string of the molecule is CN1CCCCC1CCN(CC1CCNCC1)C1CC1. The van der Waals surface area contributed by atoms with Gasteiger partial charge in [-0.3, -0.25) is 0 Å². The van der Waals surface area contributed by atoms with Crippen molar-refractivity contribution in [2.24, 2.45) is 5.92 Å². The molecule has 3 fully saturated rings. The number of rotatable bonds is 6. The highest BCUT2D eigenvalue weighted by Gasteiger charge is 2.31. The lowest BCUT2D eigenvalue weighted by Gasteiger charge is -2.35. The van der Waals surface area contributed by atoms with Crippen LogP contribution in [0.1, 0.15) is 51.4 Å². The maximum Gasteiger partial charge on any atom is 0.0104 e. The maximum atomic E-state index is 3.50. The van der Waals surface area contributed by atoms with E-state index < -0.39 is 0 Å². The van der Waals surface area contributed by atoms with Gasteiger partial charge in [-0.2, -0.15) is 0 Å². The summed E-state index contributed by atoms with van der Waals surface area (Å²) < 4.78 is 0. The molecule has 0 spiro atoms. The number of piperidine rings is 2. The number of hydrogen-bond donors (Lipinski definition) is 1. The minimum absolute atomic E-state index is 0.859. The molecule has 2 aliphatic heterocycles. The molecule has 3 nitrogen and oxygen atoms in total. The van der Waals surface area contributed by atoms with Gasteiger partial charge < -0.3 is 15.1 Å². The average Bonchev–Trinajstić information content (AvgIpc) is 3.31. The molecule has 2 heterocycles. The van der Waals surface area contributed by atoms with Crippen molar-refractivity contribution in [3.8, 4) is 0 Å². The number of nitrogens with zero attached hydrogens (tertiary/aromatic N) is 2. The van der Waals surface area contributed by atoms with Crippen molar-refractivity contribution in [1.29, 1.82) is 0 Å². The van der Waals surface area contributed by atoms with Crippen molar-refractivity contribution >= 4 is 0 Å². The number of likely N-dealkylation sites (tertiary alicyclic amines) is 1. The van der Waals surface area contributed by atoms with Crippen LogP contribution in [0.25, 0.3) is 0 Å². The molecule has 1 aliphatic carbocycles. The van der Waals surface area contributed by atoms with E-state index in [1.165, 1.54) is 84.1 Å². The van der Waals surface area contributed by atoms with Gasteiger partial charge in [0.15, 0.2) is 0 Å². The van der Waals surface area contributed by atoms with Crippen molar-refractivity contribution in [2.45, 2.75) is 63.5 Å². The van der Waals surface area contributed by atoms with E-state index in [1.807, 2.05) is 0 Å². The van der Waals surface area contributed by atoms with Crippen LogP contribution in [-0.2, 0) is 0 Å². The summed E-state index contributed by atoms with van der Waals surface area (Å²) in [5.41, 5.74) is 0. The van der Waals surface area contributed by atoms with E-state index in [9.17, 15) is 0 Å². The highest BCUT2D eigenvalue weighted by atomic mass is 15.2. The first-order valence-corrected chi connectivity index (χ1v) is 8.98. The van der Waals surface area contributed by atoms with Gasteiger partial charge in [-0.1, -0.05) is 6.42 Å². The third-order valence-corrected chi connectivity index (χ3v) is 5.69. The van der Waals surface area contributed by atoms with Crippen LogP contribution in [0.3, 0.4) is 0 Å². The van der Waals surface area contributed by atoms with Gasteiger partial charge in [0.1, 0.15) is 0 Å². The lowest BCUT2D eigenvalue weighted by molar-refractivity contribution is 0.138. The molecule has 0 bridgehead atoms. The Morgan fingerprint density at radius 3 is 2.55 bits per heavy atom. The van der Waals surface area contributed by atoms with Gasteiger partial charge in [-0.15, -0.1) is 0 Å². The zero-order valence-electron chi connectivity index (χ0n) is 13.3. The van der Waals surface area contributed by atoms with E-state index in [2.05, 4.69) is 22.2 Å². The van der Waals surface area contributed by atoms with Crippen molar-refractivity contribution in [1.82, 2.24) is 15.1 Å². The molecule has 1 N–H and O–H groups in total. The van der Waals surface area contributed by atoms with Crippen LogP contribution in [0.4, 0.5) is 0 Å².